The van der Waals surface area contributed by atoms with E-state index in [1.807, 2.05) is 13.0 Å². The van der Waals surface area contributed by atoms with Crippen LogP contribution in [0.2, 0.25) is 15.1 Å². The topological polar surface area (TPSA) is 79.9 Å². The summed E-state index contributed by atoms with van der Waals surface area (Å²) in [5.41, 5.74) is 0.872. The van der Waals surface area contributed by atoms with E-state index in [-0.39, 0.29) is 24.3 Å². The molecule has 1 aromatic heterocycles. The van der Waals surface area contributed by atoms with Crippen molar-refractivity contribution in [3.63, 3.8) is 0 Å². The van der Waals surface area contributed by atoms with Gasteiger partial charge in [-0.25, -0.2) is 4.98 Å². The van der Waals surface area contributed by atoms with Crippen LogP contribution in [0.1, 0.15) is 24.4 Å². The molecule has 2 aromatic carbocycles. The predicted molar refractivity (Wildman–Crippen MR) is 116 cm³/mol. The molecule has 1 heterocycles. The quantitative estimate of drug-likeness (QED) is 0.435. The van der Waals surface area contributed by atoms with Gasteiger partial charge in [0.15, 0.2) is 5.82 Å². The SMILES string of the molecule is CC(NC(=O)CSc1n[nH]c(COc2ccc(Cl)cc2)n1)c1ccc(Cl)c(Cl)c1. The van der Waals surface area contributed by atoms with Crippen molar-refractivity contribution in [1.29, 1.82) is 0 Å². The van der Waals surface area contributed by atoms with Gasteiger partial charge >= 0.3 is 0 Å². The van der Waals surface area contributed by atoms with Crippen molar-refractivity contribution >= 4 is 52.5 Å². The number of hydrogen-bond donors (Lipinski definition) is 2. The third-order valence-electron chi connectivity index (χ3n) is 3.85. The van der Waals surface area contributed by atoms with E-state index in [1.165, 1.54) is 11.8 Å². The van der Waals surface area contributed by atoms with E-state index in [0.29, 0.717) is 31.8 Å². The number of carbonyl (C=O) groups is 1. The molecule has 0 bridgehead atoms. The van der Waals surface area contributed by atoms with Crippen molar-refractivity contribution < 1.29 is 9.53 Å². The van der Waals surface area contributed by atoms with Crippen LogP contribution in [-0.4, -0.2) is 26.8 Å². The highest BCUT2D eigenvalue weighted by molar-refractivity contribution is 7.99. The third-order valence-corrected chi connectivity index (χ3v) is 5.69. The van der Waals surface area contributed by atoms with Crippen LogP contribution in [0.4, 0.5) is 0 Å². The highest BCUT2D eigenvalue weighted by atomic mass is 35.5. The van der Waals surface area contributed by atoms with Gasteiger partial charge in [-0.15, -0.1) is 5.10 Å². The predicted octanol–water partition coefficient (Wildman–Crippen LogP) is 5.31. The Hall–Kier alpha value is -1.93. The number of carbonyl (C=O) groups excluding carboxylic acids is 1. The second-order valence-corrected chi connectivity index (χ2v) is 8.25. The van der Waals surface area contributed by atoms with Crippen LogP contribution in [0.25, 0.3) is 0 Å². The molecule has 0 saturated heterocycles. The van der Waals surface area contributed by atoms with E-state index in [2.05, 4.69) is 20.5 Å². The van der Waals surface area contributed by atoms with Gasteiger partial charge in [-0.2, -0.15) is 0 Å². The van der Waals surface area contributed by atoms with E-state index in [0.717, 1.165) is 5.56 Å². The summed E-state index contributed by atoms with van der Waals surface area (Å²) in [5.74, 6) is 1.28. The van der Waals surface area contributed by atoms with Crippen LogP contribution in [0, 0.1) is 0 Å². The fraction of sp³-hybridized carbons (Fsp3) is 0.211. The molecule has 1 amide bonds. The molecule has 0 aliphatic rings. The minimum atomic E-state index is -0.201. The van der Waals surface area contributed by atoms with Gasteiger partial charge < -0.3 is 10.1 Å². The van der Waals surface area contributed by atoms with Crippen LogP contribution >= 0.6 is 46.6 Å². The van der Waals surface area contributed by atoms with Crippen LogP contribution in [0.3, 0.4) is 0 Å². The zero-order valence-corrected chi connectivity index (χ0v) is 18.4. The average Bonchev–Trinajstić information content (AvgIpc) is 3.16. The van der Waals surface area contributed by atoms with Crippen molar-refractivity contribution in [3.8, 4) is 5.75 Å². The molecule has 3 rings (SSSR count). The summed E-state index contributed by atoms with van der Waals surface area (Å²) in [7, 11) is 0. The van der Waals surface area contributed by atoms with E-state index in [1.54, 1.807) is 36.4 Å². The first-order chi connectivity index (χ1) is 13.9. The lowest BCUT2D eigenvalue weighted by atomic mass is 10.1. The molecule has 0 spiro atoms. The Morgan fingerprint density at radius 3 is 2.66 bits per heavy atom. The molecule has 1 unspecified atom stereocenters. The summed E-state index contributed by atoms with van der Waals surface area (Å²) in [4.78, 5) is 16.5. The molecule has 3 aromatic rings. The normalized spacial score (nSPS) is 11.9. The monoisotopic (exact) mass is 470 g/mol. The molecular weight excluding hydrogens is 455 g/mol. The Balaban J connectivity index is 1.45. The van der Waals surface area contributed by atoms with Crippen molar-refractivity contribution in [1.82, 2.24) is 20.5 Å². The second kappa shape index (κ2) is 10.2. The molecule has 6 nitrogen and oxygen atoms in total. The van der Waals surface area contributed by atoms with Crippen molar-refractivity contribution in [2.24, 2.45) is 0 Å². The Labute approximate surface area is 187 Å². The van der Waals surface area contributed by atoms with Crippen LogP contribution in [-0.2, 0) is 11.4 Å². The number of aromatic nitrogens is 3. The first-order valence-electron chi connectivity index (χ1n) is 8.57. The summed E-state index contributed by atoms with van der Waals surface area (Å²) in [6, 6.07) is 12.1. The Kier molecular flexibility index (Phi) is 7.66. The van der Waals surface area contributed by atoms with E-state index in [4.69, 9.17) is 39.5 Å². The number of H-pyrrole nitrogens is 1. The number of hydrogen-bond acceptors (Lipinski definition) is 5. The molecule has 0 aliphatic carbocycles. The van der Waals surface area contributed by atoms with Gasteiger partial charge in [0, 0.05) is 5.02 Å². The minimum Gasteiger partial charge on any atom is -0.486 e. The summed E-state index contributed by atoms with van der Waals surface area (Å²) in [6.07, 6.45) is 0. The number of aromatic amines is 1. The van der Waals surface area contributed by atoms with Gasteiger partial charge in [-0.05, 0) is 48.9 Å². The molecule has 152 valence electrons. The number of nitrogens with zero attached hydrogens (tertiary/aromatic N) is 2. The molecule has 29 heavy (non-hydrogen) atoms. The van der Waals surface area contributed by atoms with Gasteiger partial charge in [0.25, 0.3) is 0 Å². The molecule has 0 aliphatic heterocycles. The van der Waals surface area contributed by atoms with Gasteiger partial charge in [0.05, 0.1) is 21.8 Å². The number of benzene rings is 2. The largest absolute Gasteiger partial charge is 0.486 e. The average molecular weight is 472 g/mol. The molecular formula is C19H17Cl3N4O2S. The number of amides is 1. The van der Waals surface area contributed by atoms with Gasteiger partial charge in [-0.3, -0.25) is 9.89 Å². The van der Waals surface area contributed by atoms with Crippen LogP contribution < -0.4 is 10.1 Å². The molecule has 0 fully saturated rings. The number of nitrogens with one attached hydrogen (secondary N) is 2. The van der Waals surface area contributed by atoms with E-state index >= 15 is 0 Å². The summed E-state index contributed by atoms with van der Waals surface area (Å²) < 4.78 is 5.60. The van der Waals surface area contributed by atoms with Crippen LogP contribution in [0.15, 0.2) is 47.6 Å². The zero-order chi connectivity index (χ0) is 20.8. The Bertz CT molecular complexity index is 982. The maximum Gasteiger partial charge on any atom is 0.230 e. The molecule has 0 saturated carbocycles. The second-order valence-electron chi connectivity index (χ2n) is 6.06. The fourth-order valence-corrected chi connectivity index (χ4v) is 3.43. The number of rotatable bonds is 8. The Morgan fingerprint density at radius 2 is 1.93 bits per heavy atom. The first kappa shape index (κ1) is 21.8. The van der Waals surface area contributed by atoms with Gasteiger partial charge in [-0.1, -0.05) is 52.6 Å². The lowest BCUT2D eigenvalue weighted by Gasteiger charge is -2.14. The van der Waals surface area contributed by atoms with Crippen molar-refractivity contribution in [3.05, 3.63) is 68.9 Å². The van der Waals surface area contributed by atoms with Gasteiger partial charge in [0.1, 0.15) is 12.4 Å². The molecule has 10 heteroatoms. The lowest BCUT2D eigenvalue weighted by molar-refractivity contribution is -0.119. The number of ether oxygens (including phenoxy) is 1. The van der Waals surface area contributed by atoms with E-state index < -0.39 is 0 Å². The summed E-state index contributed by atoms with van der Waals surface area (Å²) in [6.45, 7) is 2.11. The maximum absolute atomic E-state index is 12.2. The first-order valence-corrected chi connectivity index (χ1v) is 10.7. The zero-order valence-electron chi connectivity index (χ0n) is 15.3. The van der Waals surface area contributed by atoms with Gasteiger partial charge in [0.2, 0.25) is 11.1 Å². The Morgan fingerprint density at radius 1 is 1.17 bits per heavy atom. The minimum absolute atomic E-state index is 0.141. The number of halogens is 3. The number of thioether (sulfide) groups is 1. The summed E-state index contributed by atoms with van der Waals surface area (Å²) in [5, 5.41) is 11.8. The smallest absolute Gasteiger partial charge is 0.230 e. The molecule has 2 N–H and O–H groups in total. The van der Waals surface area contributed by atoms with Crippen molar-refractivity contribution in [2.75, 3.05) is 5.75 Å². The van der Waals surface area contributed by atoms with E-state index in [9.17, 15) is 4.79 Å². The third kappa shape index (κ3) is 6.54. The molecule has 1 atom stereocenters. The molecule has 0 radical (unpaired) electrons. The lowest BCUT2D eigenvalue weighted by Crippen LogP contribution is -2.28. The standard InChI is InChI=1S/C19H17Cl3N4O2S/c1-11(12-2-7-15(21)16(22)8-12)23-18(27)10-29-19-24-17(25-26-19)9-28-14-5-3-13(20)4-6-14/h2-8,11H,9-10H2,1H3,(H,23,27)(H,24,25,26). The fourth-order valence-electron chi connectivity index (χ4n) is 2.37. The summed E-state index contributed by atoms with van der Waals surface area (Å²) >= 11 is 19.0. The van der Waals surface area contributed by atoms with Crippen LogP contribution in [0.5, 0.6) is 5.75 Å². The highest BCUT2D eigenvalue weighted by Crippen LogP contribution is 2.25. The maximum atomic E-state index is 12.2. The highest BCUT2D eigenvalue weighted by Gasteiger charge is 2.13. The van der Waals surface area contributed by atoms with Crippen molar-refractivity contribution in [2.45, 2.75) is 24.7 Å².